The van der Waals surface area contributed by atoms with Gasteiger partial charge in [0.25, 0.3) is 11.7 Å². The van der Waals surface area contributed by atoms with E-state index in [1.807, 2.05) is 22.0 Å². The van der Waals surface area contributed by atoms with Gasteiger partial charge in [-0.15, -0.1) is 0 Å². The monoisotopic (exact) mass is 780 g/mol. The summed E-state index contributed by atoms with van der Waals surface area (Å²) in [4.78, 5) is 31.7. The van der Waals surface area contributed by atoms with Crippen LogP contribution in [0.4, 0.5) is 5.82 Å². The number of nitrogens with one attached hydrogen (secondary N) is 1. The Kier molecular flexibility index (Phi) is 14.2. The summed E-state index contributed by atoms with van der Waals surface area (Å²) < 4.78 is 6.77. The standard InChI is InChI=1S/C31H42BrN9O6.CHClO/c1-3-39-21-6-5-18(11-22(21)40(4-2)26(39)14-35-31(47)27-30(33)34-13-25(32)37-27)19-12-36-41(15-19)20-7-9-38(10-8-20)16-23(43)28(45)29(46)24(44)17-42;2-1-3/h5-6,11-13,15,20,23-24,28-29,42-46H,3-4,7-10,14,16-17H2,1-2H3,(H2-,33,34,35,47);1H/p+1/t23-,24+,28+,29+;/m0./s1. The van der Waals surface area contributed by atoms with Gasteiger partial charge in [0.2, 0.25) is 5.75 Å². The first kappa shape index (κ1) is 39.2. The molecule has 0 spiro atoms. The van der Waals surface area contributed by atoms with Gasteiger partial charge in [0.15, 0.2) is 22.5 Å². The summed E-state index contributed by atoms with van der Waals surface area (Å²) in [6.07, 6.45) is 0.934. The van der Waals surface area contributed by atoms with Gasteiger partial charge in [-0.2, -0.15) is 5.10 Å². The van der Waals surface area contributed by atoms with Crippen LogP contribution in [0.1, 0.15) is 49.0 Å². The number of aryl methyl sites for hydroxylation is 2. The fourth-order valence-corrected chi connectivity index (χ4v) is 6.52. The van der Waals surface area contributed by atoms with Crippen molar-refractivity contribution in [2.24, 2.45) is 0 Å². The molecule has 1 amide bonds. The maximum Gasteiger partial charge on any atom is 0.277 e. The van der Waals surface area contributed by atoms with Crippen molar-refractivity contribution < 1.29 is 39.7 Å². The van der Waals surface area contributed by atoms with Crippen molar-refractivity contribution in [2.45, 2.75) is 76.8 Å². The van der Waals surface area contributed by atoms with E-state index >= 15 is 0 Å². The molecule has 0 aliphatic carbocycles. The molecule has 18 heteroatoms. The van der Waals surface area contributed by atoms with Gasteiger partial charge in [0, 0.05) is 31.4 Å². The molecule has 1 aliphatic rings. The lowest BCUT2D eigenvalue weighted by atomic mass is 10.0. The Morgan fingerprint density at radius 3 is 2.46 bits per heavy atom. The molecule has 8 N–H and O–H groups in total. The highest BCUT2D eigenvalue weighted by Gasteiger charge is 2.32. The van der Waals surface area contributed by atoms with Crippen LogP contribution < -0.4 is 15.6 Å². The molecule has 0 radical (unpaired) electrons. The van der Waals surface area contributed by atoms with Crippen LogP contribution >= 0.6 is 27.5 Å². The van der Waals surface area contributed by atoms with Crippen molar-refractivity contribution in [1.82, 2.24) is 34.5 Å². The molecule has 16 nitrogen and oxygen atoms in total. The van der Waals surface area contributed by atoms with Crippen LogP contribution in [-0.2, 0) is 24.4 Å². The molecule has 0 saturated carbocycles. The average molecular weight is 782 g/mol. The van der Waals surface area contributed by atoms with Gasteiger partial charge in [-0.05, 0) is 78.0 Å². The lowest BCUT2D eigenvalue weighted by Crippen LogP contribution is -2.50. The molecule has 1 aromatic carbocycles. The van der Waals surface area contributed by atoms with Gasteiger partial charge in [-0.25, -0.2) is 19.1 Å². The third kappa shape index (κ3) is 9.02. The van der Waals surface area contributed by atoms with E-state index in [9.17, 15) is 25.2 Å². The fourth-order valence-electron chi connectivity index (χ4n) is 6.24. The van der Waals surface area contributed by atoms with E-state index in [0.717, 1.165) is 40.8 Å². The van der Waals surface area contributed by atoms with Gasteiger partial charge in [-0.3, -0.25) is 14.3 Å². The average Bonchev–Trinajstić information content (AvgIpc) is 3.73. The van der Waals surface area contributed by atoms with Gasteiger partial charge in [0.1, 0.15) is 29.5 Å². The number of piperidine rings is 1. The lowest BCUT2D eigenvalue weighted by Gasteiger charge is -2.35. The van der Waals surface area contributed by atoms with Gasteiger partial charge < -0.3 is 41.5 Å². The van der Waals surface area contributed by atoms with Crippen molar-refractivity contribution in [3.63, 3.8) is 0 Å². The second-order valence-corrected chi connectivity index (χ2v) is 12.8. The van der Waals surface area contributed by atoms with E-state index in [1.54, 1.807) is 0 Å². The van der Waals surface area contributed by atoms with E-state index in [-0.39, 0.29) is 36.4 Å². The number of β-amino-alcohol motifs (C(OH)–C–C–N with tert-alkyl or cyclic N) is 1. The zero-order valence-corrected chi connectivity index (χ0v) is 30.2. The molecule has 1 aliphatic heterocycles. The van der Waals surface area contributed by atoms with Gasteiger partial charge >= 0.3 is 0 Å². The van der Waals surface area contributed by atoms with Crippen molar-refractivity contribution in [1.29, 1.82) is 0 Å². The third-order valence-electron chi connectivity index (χ3n) is 8.84. The smallest absolute Gasteiger partial charge is 0.277 e. The largest absolute Gasteiger partial charge is 0.394 e. The molecular formula is C32H44BrClN9O7+. The number of benzene rings is 1. The first-order valence-electron chi connectivity index (χ1n) is 16.2. The van der Waals surface area contributed by atoms with Crippen molar-refractivity contribution in [3.05, 3.63) is 52.9 Å². The lowest BCUT2D eigenvalue weighted by molar-refractivity contribution is -0.676. The number of likely N-dealkylation sites (tertiary alicyclic amines) is 1. The number of aromatic nitrogens is 6. The predicted molar refractivity (Wildman–Crippen MR) is 188 cm³/mol. The highest BCUT2D eigenvalue weighted by Crippen LogP contribution is 2.28. The number of fused-ring (bicyclic) bond motifs is 1. The zero-order chi connectivity index (χ0) is 36.5. The normalized spacial score (nSPS) is 16.3. The Balaban J connectivity index is 0.00000181. The summed E-state index contributed by atoms with van der Waals surface area (Å²) in [6.45, 7) is 6.58. The number of nitrogens with zero attached hydrogens (tertiary/aromatic N) is 7. The number of aliphatic hydroxyl groups excluding tert-OH is 5. The molecule has 3 aromatic heterocycles. The molecule has 0 unspecified atom stereocenters. The van der Waals surface area contributed by atoms with Crippen LogP contribution in [0.15, 0.2) is 41.4 Å². The van der Waals surface area contributed by atoms with Crippen LogP contribution in [0.2, 0.25) is 0 Å². The molecule has 1 fully saturated rings. The summed E-state index contributed by atoms with van der Waals surface area (Å²) in [5.74, 6) is 0.819. The molecular weight excluding hydrogens is 738 g/mol. The number of anilines is 1. The number of carbonyl (C=O) groups excluding carboxylic acids is 2. The van der Waals surface area contributed by atoms with Crippen LogP contribution in [0.5, 0.6) is 0 Å². The highest BCUT2D eigenvalue weighted by atomic mass is 79.9. The second kappa shape index (κ2) is 18.1. The SMILES string of the molecule is CCn1c(CNC(=O)c2nc(Br)cnc2N)[n+](CC)c2ccc(-c3cnn(C4CCN(C[C@H](O)[C@@H](O)[C@H](O)[C@H](O)CO)CC4)c3)cc21.O=CCl. The van der Waals surface area contributed by atoms with E-state index in [1.165, 1.54) is 6.20 Å². The van der Waals surface area contributed by atoms with E-state index in [0.29, 0.717) is 30.8 Å². The van der Waals surface area contributed by atoms with E-state index in [4.69, 9.17) is 15.6 Å². The molecule has 1 saturated heterocycles. The third-order valence-corrected chi connectivity index (χ3v) is 9.22. The van der Waals surface area contributed by atoms with Gasteiger partial charge in [0.05, 0.1) is 44.2 Å². The number of amides is 1. The Bertz CT molecular complexity index is 1750. The number of hydrogen-bond acceptors (Lipinski definition) is 12. The minimum absolute atomic E-state index is 0.0621. The summed E-state index contributed by atoms with van der Waals surface area (Å²) in [7, 11) is 0. The number of hydrogen-bond donors (Lipinski definition) is 7. The van der Waals surface area contributed by atoms with E-state index in [2.05, 4.69) is 89.1 Å². The Morgan fingerprint density at radius 2 is 1.82 bits per heavy atom. The molecule has 50 heavy (non-hydrogen) atoms. The Labute approximate surface area is 302 Å². The first-order chi connectivity index (χ1) is 24.0. The number of aliphatic hydroxyl groups is 5. The van der Waals surface area contributed by atoms with Crippen molar-refractivity contribution in [3.8, 4) is 11.1 Å². The quantitative estimate of drug-likeness (QED) is 0.0555. The van der Waals surface area contributed by atoms with Crippen LogP contribution in [0, 0.1) is 0 Å². The second-order valence-electron chi connectivity index (χ2n) is 11.8. The highest BCUT2D eigenvalue weighted by molar-refractivity contribution is 9.10. The van der Waals surface area contributed by atoms with Gasteiger partial charge in [-0.1, -0.05) is 0 Å². The summed E-state index contributed by atoms with van der Waals surface area (Å²) >= 11 is 7.56. The van der Waals surface area contributed by atoms with Crippen molar-refractivity contribution in [2.75, 3.05) is 32.0 Å². The van der Waals surface area contributed by atoms with Crippen LogP contribution in [0.25, 0.3) is 22.2 Å². The summed E-state index contributed by atoms with van der Waals surface area (Å²) in [6, 6.07) is 6.48. The number of halogens is 2. The number of rotatable bonds is 13. The minimum Gasteiger partial charge on any atom is -0.394 e. The van der Waals surface area contributed by atoms with E-state index < -0.39 is 36.9 Å². The molecule has 4 atom stereocenters. The maximum atomic E-state index is 12.9. The topological polar surface area (TPSA) is 229 Å². The summed E-state index contributed by atoms with van der Waals surface area (Å²) in [5.41, 5.74) is 10.1. The van der Waals surface area contributed by atoms with Crippen LogP contribution in [0.3, 0.4) is 0 Å². The first-order valence-corrected chi connectivity index (χ1v) is 17.5. The number of nitrogen functional groups attached to an aromatic ring is 1. The Morgan fingerprint density at radius 1 is 1.14 bits per heavy atom. The summed E-state index contributed by atoms with van der Waals surface area (Å²) in [5, 5.41) is 56.6. The molecule has 4 aromatic rings. The number of nitrogens with two attached hydrogens (primary N) is 1. The predicted octanol–water partition coefficient (Wildman–Crippen LogP) is 0.385. The molecule has 5 rings (SSSR count). The molecule has 0 bridgehead atoms. The zero-order valence-electron chi connectivity index (χ0n) is 27.8. The number of imidazole rings is 1. The van der Waals surface area contributed by atoms with Crippen LogP contribution in [-0.4, -0.2) is 117 Å². The minimum atomic E-state index is -1.63. The fraction of sp³-hybridized carbons (Fsp3) is 0.500. The Hall–Kier alpha value is -3.55. The van der Waals surface area contributed by atoms with Crippen molar-refractivity contribution >= 4 is 56.0 Å². The molecule has 4 heterocycles. The molecule has 272 valence electrons. The maximum absolute atomic E-state index is 12.9. The number of carbonyl (C=O) groups is 2.